The summed E-state index contributed by atoms with van der Waals surface area (Å²) in [5.41, 5.74) is 2.39. The number of nitrogens with one attached hydrogen (secondary N) is 1. The Labute approximate surface area is 151 Å². The number of carbonyl (C=O) groups is 1. The minimum absolute atomic E-state index is 0.208. The van der Waals surface area contributed by atoms with Gasteiger partial charge in [0, 0.05) is 52.0 Å². The van der Waals surface area contributed by atoms with Crippen molar-refractivity contribution in [1.29, 1.82) is 0 Å². The smallest absolute Gasteiger partial charge is 0.236 e. The summed E-state index contributed by atoms with van der Waals surface area (Å²) in [6.07, 6.45) is 3.56. The lowest BCUT2D eigenvalue weighted by atomic mass is 9.95. The number of amides is 1. The Hall–Kier alpha value is -1.40. The molecule has 6 nitrogen and oxygen atoms in total. The van der Waals surface area contributed by atoms with Gasteiger partial charge in [-0.25, -0.2) is 0 Å². The second-order valence-electron chi connectivity index (χ2n) is 8.49. The van der Waals surface area contributed by atoms with Gasteiger partial charge in [0.15, 0.2) is 0 Å². The van der Waals surface area contributed by atoms with Crippen molar-refractivity contribution in [3.63, 3.8) is 0 Å². The second-order valence-corrected chi connectivity index (χ2v) is 8.49. The number of piperidine rings is 1. The van der Waals surface area contributed by atoms with Crippen LogP contribution in [-0.4, -0.2) is 77.1 Å². The number of aromatic amines is 1. The van der Waals surface area contributed by atoms with Gasteiger partial charge in [0.1, 0.15) is 0 Å². The first kappa shape index (κ1) is 18.4. The van der Waals surface area contributed by atoms with E-state index < -0.39 is 0 Å². The lowest BCUT2D eigenvalue weighted by molar-refractivity contribution is -0.130. The molecule has 0 spiro atoms. The topological polar surface area (TPSA) is 55.5 Å². The van der Waals surface area contributed by atoms with Gasteiger partial charge < -0.3 is 4.90 Å². The molecule has 1 N–H and O–H groups in total. The molecule has 0 saturated carbocycles. The molecule has 2 bridgehead atoms. The third kappa shape index (κ3) is 4.82. The van der Waals surface area contributed by atoms with E-state index in [9.17, 15) is 4.79 Å². The minimum atomic E-state index is 0.208. The third-order valence-electron chi connectivity index (χ3n) is 5.44. The average Bonchev–Trinajstić information content (AvgIpc) is 2.77. The average molecular weight is 348 g/mol. The monoisotopic (exact) mass is 347 g/mol. The number of hydrogen-bond donors (Lipinski definition) is 1. The van der Waals surface area contributed by atoms with Gasteiger partial charge in [-0.3, -0.25) is 19.7 Å². The fraction of sp³-hybridized carbons (Fsp3) is 0.789. The summed E-state index contributed by atoms with van der Waals surface area (Å²) in [7, 11) is 3.68. The van der Waals surface area contributed by atoms with Crippen molar-refractivity contribution >= 4 is 5.91 Å². The van der Waals surface area contributed by atoms with Gasteiger partial charge in [-0.15, -0.1) is 0 Å². The van der Waals surface area contributed by atoms with E-state index in [1.807, 2.05) is 14.1 Å². The zero-order chi connectivity index (χ0) is 18.0. The van der Waals surface area contributed by atoms with Crippen molar-refractivity contribution in [2.75, 3.05) is 40.3 Å². The summed E-state index contributed by atoms with van der Waals surface area (Å²) in [4.78, 5) is 18.7. The molecule has 1 aromatic heterocycles. The predicted octanol–water partition coefficient (Wildman–Crippen LogP) is 1.59. The quantitative estimate of drug-likeness (QED) is 0.849. The Balaban J connectivity index is 1.60. The first-order chi connectivity index (χ1) is 11.9. The lowest BCUT2D eigenvalue weighted by Crippen LogP contribution is -2.44. The Morgan fingerprint density at radius 2 is 2.12 bits per heavy atom. The van der Waals surface area contributed by atoms with Crippen LogP contribution < -0.4 is 0 Å². The van der Waals surface area contributed by atoms with Crippen molar-refractivity contribution in [3.8, 4) is 0 Å². The first-order valence-electron chi connectivity index (χ1n) is 9.60. The molecule has 1 amide bonds. The van der Waals surface area contributed by atoms with Crippen molar-refractivity contribution in [3.05, 3.63) is 17.5 Å². The maximum absolute atomic E-state index is 12.1. The molecule has 2 atom stereocenters. The summed E-state index contributed by atoms with van der Waals surface area (Å²) in [6.45, 7) is 9.14. The highest BCUT2D eigenvalue weighted by atomic mass is 16.2. The third-order valence-corrected chi connectivity index (χ3v) is 5.44. The molecule has 6 heteroatoms. The van der Waals surface area contributed by atoms with Crippen molar-refractivity contribution in [2.24, 2.45) is 11.8 Å². The number of nitrogens with zero attached hydrogens (tertiary/aromatic N) is 4. The van der Waals surface area contributed by atoms with Crippen LogP contribution in [0, 0.1) is 11.8 Å². The van der Waals surface area contributed by atoms with Gasteiger partial charge in [-0.1, -0.05) is 13.8 Å². The van der Waals surface area contributed by atoms with Gasteiger partial charge >= 0.3 is 0 Å². The van der Waals surface area contributed by atoms with E-state index >= 15 is 0 Å². The predicted molar refractivity (Wildman–Crippen MR) is 99.2 cm³/mol. The first-order valence-corrected chi connectivity index (χ1v) is 9.60. The van der Waals surface area contributed by atoms with Crippen molar-refractivity contribution < 1.29 is 4.79 Å². The largest absolute Gasteiger partial charge is 0.348 e. The number of carbonyl (C=O) groups excluding carboxylic acids is 1. The van der Waals surface area contributed by atoms with Crippen LogP contribution in [0.3, 0.4) is 0 Å². The molecule has 3 aliphatic heterocycles. The van der Waals surface area contributed by atoms with Crippen LogP contribution in [0.2, 0.25) is 0 Å². The molecule has 0 aliphatic carbocycles. The van der Waals surface area contributed by atoms with Crippen LogP contribution in [0.25, 0.3) is 0 Å². The van der Waals surface area contributed by atoms with Crippen LogP contribution in [0.4, 0.5) is 0 Å². The van der Waals surface area contributed by atoms with E-state index in [0.717, 1.165) is 32.6 Å². The molecule has 0 aromatic carbocycles. The molecule has 1 aromatic rings. The lowest BCUT2D eigenvalue weighted by Gasteiger charge is -2.35. The number of hydrogen-bond acceptors (Lipinski definition) is 4. The van der Waals surface area contributed by atoms with Crippen LogP contribution in [0.5, 0.6) is 0 Å². The molecule has 0 radical (unpaired) electrons. The molecule has 3 fully saturated rings. The zero-order valence-corrected chi connectivity index (χ0v) is 16.2. The van der Waals surface area contributed by atoms with E-state index in [2.05, 4.69) is 39.9 Å². The zero-order valence-electron chi connectivity index (χ0n) is 16.2. The SMILES string of the molecule is CC(C)Cc1cc(CN2C[C@H]3CC[C@@H]2CN(CC(=O)N(C)C)C3)[nH]n1. The van der Waals surface area contributed by atoms with E-state index in [-0.39, 0.29) is 5.91 Å². The highest BCUT2D eigenvalue weighted by Crippen LogP contribution is 2.29. The van der Waals surface area contributed by atoms with Gasteiger partial charge in [0.2, 0.25) is 5.91 Å². The second kappa shape index (κ2) is 7.87. The normalized spacial score (nSPS) is 24.7. The fourth-order valence-electron chi connectivity index (χ4n) is 4.16. The number of fused-ring (bicyclic) bond motifs is 4. The standard InChI is InChI=1S/C19H33N5O/c1-14(2)7-16-8-17(21-20-16)11-24-10-15-5-6-18(24)12-23(9-15)13-19(25)22(3)4/h8,14-15,18H,5-7,9-13H2,1-4H3,(H,20,21)/t15-,18+/m0/s1. The molecule has 140 valence electrons. The maximum atomic E-state index is 12.1. The van der Waals surface area contributed by atoms with E-state index in [0.29, 0.717) is 24.4 Å². The number of aromatic nitrogens is 2. The highest BCUT2D eigenvalue weighted by molar-refractivity contribution is 5.77. The fourth-order valence-corrected chi connectivity index (χ4v) is 4.16. The van der Waals surface area contributed by atoms with Crippen molar-refractivity contribution in [1.82, 2.24) is 24.9 Å². The molecule has 3 saturated heterocycles. The number of H-pyrrole nitrogens is 1. The van der Waals surface area contributed by atoms with Gasteiger partial charge in [-0.05, 0) is 37.2 Å². The Bertz CT molecular complexity index is 582. The summed E-state index contributed by atoms with van der Waals surface area (Å²) in [5.74, 6) is 1.51. The van der Waals surface area contributed by atoms with E-state index in [1.165, 1.54) is 24.2 Å². The number of likely N-dealkylation sites (N-methyl/N-ethyl adjacent to an activating group) is 1. The molecule has 3 aliphatic rings. The molecule has 25 heavy (non-hydrogen) atoms. The van der Waals surface area contributed by atoms with E-state index in [1.54, 1.807) is 4.90 Å². The Morgan fingerprint density at radius 3 is 2.84 bits per heavy atom. The summed E-state index contributed by atoms with van der Waals surface area (Å²) in [6, 6.07) is 2.77. The van der Waals surface area contributed by atoms with E-state index in [4.69, 9.17) is 0 Å². The van der Waals surface area contributed by atoms with Gasteiger partial charge in [0.25, 0.3) is 0 Å². The maximum Gasteiger partial charge on any atom is 0.236 e. The Morgan fingerprint density at radius 1 is 1.32 bits per heavy atom. The van der Waals surface area contributed by atoms with Crippen molar-refractivity contribution in [2.45, 2.75) is 45.7 Å². The highest BCUT2D eigenvalue weighted by Gasteiger charge is 2.35. The van der Waals surface area contributed by atoms with Crippen LogP contribution in [-0.2, 0) is 17.8 Å². The summed E-state index contributed by atoms with van der Waals surface area (Å²) >= 11 is 0. The molecular weight excluding hydrogens is 314 g/mol. The molecule has 4 heterocycles. The summed E-state index contributed by atoms with van der Waals surface area (Å²) in [5, 5.41) is 7.70. The number of rotatable bonds is 6. The Kier molecular flexibility index (Phi) is 5.79. The van der Waals surface area contributed by atoms with Gasteiger partial charge in [-0.2, -0.15) is 5.10 Å². The molecular formula is C19H33N5O. The van der Waals surface area contributed by atoms with Crippen LogP contribution in [0.1, 0.15) is 38.1 Å². The molecule has 4 rings (SSSR count). The van der Waals surface area contributed by atoms with Gasteiger partial charge in [0.05, 0.1) is 12.2 Å². The molecule has 0 unspecified atom stereocenters. The van der Waals surface area contributed by atoms with Crippen LogP contribution in [0.15, 0.2) is 6.07 Å². The minimum Gasteiger partial charge on any atom is -0.348 e. The summed E-state index contributed by atoms with van der Waals surface area (Å²) < 4.78 is 0. The van der Waals surface area contributed by atoms with Crippen LogP contribution >= 0.6 is 0 Å².